The van der Waals surface area contributed by atoms with Gasteiger partial charge in [0.05, 0.1) is 4.90 Å². The largest absolute Gasteiger partial charge is 0.399 e. The number of nitrogens with zero attached hydrogens (tertiary/aromatic N) is 1. The Balaban J connectivity index is 2.24. The first-order valence-corrected chi connectivity index (χ1v) is 7.64. The van der Waals surface area contributed by atoms with E-state index in [1.807, 2.05) is 13.0 Å². The van der Waals surface area contributed by atoms with Gasteiger partial charge in [0, 0.05) is 24.6 Å². The first-order chi connectivity index (χ1) is 9.40. The Morgan fingerprint density at radius 1 is 1.20 bits per heavy atom. The van der Waals surface area contributed by atoms with Crippen LogP contribution in [0.1, 0.15) is 16.7 Å². The normalized spacial score (nSPS) is 11.5. The van der Waals surface area contributed by atoms with Crippen LogP contribution in [-0.2, 0) is 16.6 Å². The van der Waals surface area contributed by atoms with Crippen LogP contribution in [0.4, 0.5) is 5.69 Å². The molecule has 0 aliphatic carbocycles. The molecule has 1 heterocycles. The third-order valence-electron chi connectivity index (χ3n) is 3.10. The van der Waals surface area contributed by atoms with Crippen LogP contribution in [0, 0.1) is 13.8 Å². The Labute approximate surface area is 118 Å². The molecule has 0 bridgehead atoms. The molecule has 0 fully saturated rings. The summed E-state index contributed by atoms with van der Waals surface area (Å²) in [5.74, 6) is 0. The summed E-state index contributed by atoms with van der Waals surface area (Å²) in [6.45, 7) is 3.86. The van der Waals surface area contributed by atoms with Gasteiger partial charge in [0.2, 0.25) is 10.0 Å². The number of nitrogen functional groups attached to an aromatic ring is 1. The van der Waals surface area contributed by atoms with Crippen LogP contribution < -0.4 is 10.5 Å². The maximum atomic E-state index is 12.3. The zero-order valence-corrected chi connectivity index (χ0v) is 12.2. The van der Waals surface area contributed by atoms with Crippen molar-refractivity contribution < 1.29 is 8.42 Å². The summed E-state index contributed by atoms with van der Waals surface area (Å²) >= 11 is 0. The topological polar surface area (TPSA) is 85.1 Å². The maximum Gasteiger partial charge on any atom is 0.241 e. The molecule has 1 aromatic heterocycles. The van der Waals surface area contributed by atoms with E-state index < -0.39 is 10.0 Å². The van der Waals surface area contributed by atoms with Gasteiger partial charge in [-0.2, -0.15) is 0 Å². The number of hydrogen-bond acceptors (Lipinski definition) is 4. The van der Waals surface area contributed by atoms with Gasteiger partial charge in [-0.3, -0.25) is 4.98 Å². The number of rotatable bonds is 4. The zero-order chi connectivity index (χ0) is 14.8. The van der Waals surface area contributed by atoms with Crippen molar-refractivity contribution in [1.29, 1.82) is 0 Å². The van der Waals surface area contributed by atoms with E-state index in [1.165, 1.54) is 6.07 Å². The lowest BCUT2D eigenvalue weighted by Crippen LogP contribution is -2.24. The van der Waals surface area contributed by atoms with E-state index in [1.54, 1.807) is 31.5 Å². The van der Waals surface area contributed by atoms with Crippen molar-refractivity contribution in [1.82, 2.24) is 9.71 Å². The van der Waals surface area contributed by atoms with E-state index >= 15 is 0 Å². The molecule has 6 heteroatoms. The van der Waals surface area contributed by atoms with Crippen molar-refractivity contribution in [2.24, 2.45) is 0 Å². The van der Waals surface area contributed by atoms with Gasteiger partial charge in [0.15, 0.2) is 0 Å². The smallest absolute Gasteiger partial charge is 0.241 e. The number of pyridine rings is 1. The third-order valence-corrected chi connectivity index (χ3v) is 4.65. The number of aromatic nitrogens is 1. The van der Waals surface area contributed by atoms with Crippen LogP contribution in [0.3, 0.4) is 0 Å². The monoisotopic (exact) mass is 291 g/mol. The summed E-state index contributed by atoms with van der Waals surface area (Å²) in [6, 6.07) is 6.68. The average molecular weight is 291 g/mol. The molecule has 0 radical (unpaired) electrons. The Hall–Kier alpha value is -1.92. The number of hydrogen-bond donors (Lipinski definition) is 2. The zero-order valence-electron chi connectivity index (χ0n) is 11.4. The summed E-state index contributed by atoms with van der Waals surface area (Å²) < 4.78 is 27.2. The molecule has 0 aliphatic heterocycles. The van der Waals surface area contributed by atoms with Crippen LogP contribution in [0.25, 0.3) is 0 Å². The van der Waals surface area contributed by atoms with Gasteiger partial charge in [-0.05, 0) is 48.7 Å². The fourth-order valence-corrected chi connectivity index (χ4v) is 3.12. The van der Waals surface area contributed by atoms with Gasteiger partial charge < -0.3 is 5.73 Å². The maximum absolute atomic E-state index is 12.3. The van der Waals surface area contributed by atoms with Crippen molar-refractivity contribution in [2.45, 2.75) is 25.3 Å². The molecule has 5 nitrogen and oxygen atoms in total. The fraction of sp³-hybridized carbons (Fsp3) is 0.214. The minimum Gasteiger partial charge on any atom is -0.399 e. The molecule has 1 aromatic carbocycles. The highest BCUT2D eigenvalue weighted by Gasteiger charge is 2.17. The van der Waals surface area contributed by atoms with E-state index in [0.717, 1.165) is 11.1 Å². The van der Waals surface area contributed by atoms with Gasteiger partial charge in [0.1, 0.15) is 0 Å². The molecule has 0 saturated carbocycles. The van der Waals surface area contributed by atoms with E-state index in [2.05, 4.69) is 9.71 Å². The van der Waals surface area contributed by atoms with Gasteiger partial charge in [-0.15, -0.1) is 0 Å². The summed E-state index contributed by atoms with van der Waals surface area (Å²) in [5.41, 5.74) is 8.58. The molecule has 20 heavy (non-hydrogen) atoms. The minimum atomic E-state index is -3.59. The lowest BCUT2D eigenvalue weighted by Gasteiger charge is -2.11. The molecule has 0 amide bonds. The van der Waals surface area contributed by atoms with Crippen LogP contribution in [0.2, 0.25) is 0 Å². The lowest BCUT2D eigenvalue weighted by atomic mass is 10.2. The number of aryl methyl sites for hydroxylation is 2. The van der Waals surface area contributed by atoms with Gasteiger partial charge >= 0.3 is 0 Å². The van der Waals surface area contributed by atoms with Crippen molar-refractivity contribution in [3.8, 4) is 0 Å². The third kappa shape index (κ3) is 3.15. The van der Waals surface area contributed by atoms with Crippen molar-refractivity contribution >= 4 is 15.7 Å². The standard InChI is InChI=1S/C14H17N3O2S/c1-10-5-6-16-8-12(10)9-17-20(18,19)14-7-13(15)4-3-11(14)2/h3-8,17H,9,15H2,1-2H3. The fourth-order valence-electron chi connectivity index (χ4n) is 1.84. The first kappa shape index (κ1) is 14.5. The second-order valence-corrected chi connectivity index (χ2v) is 6.39. The van der Waals surface area contributed by atoms with Crippen molar-refractivity contribution in [3.63, 3.8) is 0 Å². The van der Waals surface area contributed by atoms with Crippen molar-refractivity contribution in [3.05, 3.63) is 53.3 Å². The molecular formula is C14H17N3O2S. The van der Waals surface area contributed by atoms with Gasteiger partial charge in [-0.25, -0.2) is 13.1 Å². The molecule has 106 valence electrons. The van der Waals surface area contributed by atoms with Crippen LogP contribution in [0.15, 0.2) is 41.6 Å². The second-order valence-electron chi connectivity index (χ2n) is 4.65. The highest BCUT2D eigenvalue weighted by Crippen LogP contribution is 2.18. The second kappa shape index (κ2) is 5.60. The minimum absolute atomic E-state index is 0.205. The van der Waals surface area contributed by atoms with Gasteiger partial charge in [-0.1, -0.05) is 6.07 Å². The van der Waals surface area contributed by atoms with Crippen LogP contribution >= 0.6 is 0 Å². The SMILES string of the molecule is Cc1ccncc1CNS(=O)(=O)c1cc(N)ccc1C. The summed E-state index contributed by atoms with van der Waals surface area (Å²) in [5, 5.41) is 0. The number of benzene rings is 1. The van der Waals surface area contributed by atoms with E-state index in [0.29, 0.717) is 11.3 Å². The average Bonchev–Trinajstić information content (AvgIpc) is 2.40. The molecule has 0 atom stereocenters. The molecular weight excluding hydrogens is 274 g/mol. The Morgan fingerprint density at radius 3 is 2.65 bits per heavy atom. The first-order valence-electron chi connectivity index (χ1n) is 6.15. The van der Waals surface area contributed by atoms with E-state index in [4.69, 9.17) is 5.73 Å². The van der Waals surface area contributed by atoms with Crippen molar-refractivity contribution in [2.75, 3.05) is 5.73 Å². The summed E-state index contributed by atoms with van der Waals surface area (Å²) in [4.78, 5) is 4.20. The molecule has 0 aliphatic rings. The predicted molar refractivity (Wildman–Crippen MR) is 78.6 cm³/mol. The number of sulfonamides is 1. The van der Waals surface area contributed by atoms with Crippen LogP contribution in [0.5, 0.6) is 0 Å². The molecule has 3 N–H and O–H groups in total. The lowest BCUT2D eigenvalue weighted by molar-refractivity contribution is 0.580. The predicted octanol–water partition coefficient (Wildman–Crippen LogP) is 1.76. The molecule has 2 rings (SSSR count). The van der Waals surface area contributed by atoms with Gasteiger partial charge in [0.25, 0.3) is 0 Å². The Morgan fingerprint density at radius 2 is 1.95 bits per heavy atom. The summed E-state index contributed by atoms with van der Waals surface area (Å²) in [7, 11) is -3.59. The summed E-state index contributed by atoms with van der Waals surface area (Å²) in [6.07, 6.45) is 3.33. The Bertz CT molecular complexity index is 727. The van der Waals surface area contributed by atoms with Crippen LogP contribution in [-0.4, -0.2) is 13.4 Å². The number of nitrogens with one attached hydrogen (secondary N) is 1. The molecule has 0 spiro atoms. The highest BCUT2D eigenvalue weighted by atomic mass is 32.2. The quantitative estimate of drug-likeness (QED) is 0.841. The van der Waals surface area contributed by atoms with E-state index in [9.17, 15) is 8.42 Å². The molecule has 0 saturated heterocycles. The Kier molecular flexibility index (Phi) is 4.06. The number of nitrogens with two attached hydrogens (primary N) is 1. The van der Waals surface area contributed by atoms with E-state index in [-0.39, 0.29) is 11.4 Å². The molecule has 0 unspecified atom stereocenters. The highest BCUT2D eigenvalue weighted by molar-refractivity contribution is 7.89. The number of anilines is 1. The molecule has 2 aromatic rings.